The van der Waals surface area contributed by atoms with Crippen LogP contribution in [0.2, 0.25) is 0 Å². The van der Waals surface area contributed by atoms with E-state index in [0.717, 1.165) is 57.0 Å². The SMILES string of the molecule is Cc1ccccc1COc1cccc(CC(=O)N2CCC(N3CCNCC3)C2)c1. The molecule has 2 aliphatic heterocycles. The molecule has 1 N–H and O–H groups in total. The molecular weight excluding hydrogens is 362 g/mol. The van der Waals surface area contributed by atoms with Crippen LogP contribution < -0.4 is 10.1 Å². The number of nitrogens with zero attached hydrogens (tertiary/aromatic N) is 2. The van der Waals surface area contributed by atoms with E-state index < -0.39 is 0 Å². The average Bonchev–Trinajstić information content (AvgIpc) is 3.25. The summed E-state index contributed by atoms with van der Waals surface area (Å²) < 4.78 is 5.98. The maximum absolute atomic E-state index is 12.8. The van der Waals surface area contributed by atoms with Crippen LogP contribution in [0, 0.1) is 6.92 Å². The number of hydrogen-bond donors (Lipinski definition) is 1. The van der Waals surface area contributed by atoms with Gasteiger partial charge in [0.1, 0.15) is 12.4 Å². The molecule has 2 saturated heterocycles. The van der Waals surface area contributed by atoms with Crippen molar-refractivity contribution < 1.29 is 9.53 Å². The number of nitrogens with one attached hydrogen (secondary N) is 1. The molecule has 5 nitrogen and oxygen atoms in total. The van der Waals surface area contributed by atoms with E-state index >= 15 is 0 Å². The number of carbonyl (C=O) groups excluding carboxylic acids is 1. The molecule has 4 rings (SSSR count). The number of amides is 1. The second kappa shape index (κ2) is 9.42. The molecule has 154 valence electrons. The van der Waals surface area contributed by atoms with Gasteiger partial charge in [-0.2, -0.15) is 0 Å². The summed E-state index contributed by atoms with van der Waals surface area (Å²) in [6, 6.07) is 16.7. The van der Waals surface area contributed by atoms with Gasteiger partial charge in [0.05, 0.1) is 6.42 Å². The zero-order valence-corrected chi connectivity index (χ0v) is 17.3. The summed E-state index contributed by atoms with van der Waals surface area (Å²) in [5, 5.41) is 3.40. The highest BCUT2D eigenvalue weighted by atomic mass is 16.5. The number of aryl methyl sites for hydroxylation is 1. The van der Waals surface area contributed by atoms with Crippen LogP contribution in [-0.4, -0.2) is 61.0 Å². The van der Waals surface area contributed by atoms with Crippen molar-refractivity contribution in [3.63, 3.8) is 0 Å². The average molecular weight is 394 g/mol. The van der Waals surface area contributed by atoms with Gasteiger partial charge in [0.15, 0.2) is 0 Å². The van der Waals surface area contributed by atoms with E-state index in [2.05, 4.69) is 29.3 Å². The van der Waals surface area contributed by atoms with Crippen molar-refractivity contribution in [1.82, 2.24) is 15.1 Å². The third-order valence-electron chi connectivity index (χ3n) is 6.09. The second-order valence-corrected chi connectivity index (χ2v) is 8.11. The Kier molecular flexibility index (Phi) is 6.47. The number of piperazine rings is 1. The van der Waals surface area contributed by atoms with Crippen molar-refractivity contribution in [1.29, 1.82) is 0 Å². The highest BCUT2D eigenvalue weighted by molar-refractivity contribution is 5.79. The fourth-order valence-corrected chi connectivity index (χ4v) is 4.28. The number of ether oxygens (including phenoxy) is 1. The van der Waals surface area contributed by atoms with Crippen LogP contribution in [-0.2, 0) is 17.8 Å². The molecule has 0 aliphatic carbocycles. The molecule has 2 fully saturated rings. The van der Waals surface area contributed by atoms with E-state index in [1.54, 1.807) is 0 Å². The van der Waals surface area contributed by atoms with E-state index in [1.165, 1.54) is 11.1 Å². The molecule has 1 atom stereocenters. The van der Waals surface area contributed by atoms with E-state index in [1.807, 2.05) is 41.3 Å². The van der Waals surface area contributed by atoms with Crippen molar-refractivity contribution in [3.05, 3.63) is 65.2 Å². The summed E-state index contributed by atoms with van der Waals surface area (Å²) in [6.45, 7) is 8.67. The highest BCUT2D eigenvalue weighted by Gasteiger charge is 2.30. The molecule has 0 saturated carbocycles. The summed E-state index contributed by atoms with van der Waals surface area (Å²) >= 11 is 0. The first-order chi connectivity index (χ1) is 14.2. The first kappa shape index (κ1) is 19.9. The van der Waals surface area contributed by atoms with Crippen LogP contribution >= 0.6 is 0 Å². The quantitative estimate of drug-likeness (QED) is 0.820. The molecule has 0 bridgehead atoms. The minimum Gasteiger partial charge on any atom is -0.489 e. The van der Waals surface area contributed by atoms with Gasteiger partial charge in [-0.1, -0.05) is 36.4 Å². The molecule has 2 aromatic carbocycles. The maximum atomic E-state index is 12.8. The van der Waals surface area contributed by atoms with Crippen molar-refractivity contribution >= 4 is 5.91 Å². The molecular formula is C24H31N3O2. The van der Waals surface area contributed by atoms with Gasteiger partial charge in [-0.05, 0) is 42.2 Å². The molecule has 1 amide bonds. The van der Waals surface area contributed by atoms with Crippen LogP contribution in [0.1, 0.15) is 23.1 Å². The zero-order valence-electron chi connectivity index (χ0n) is 17.3. The van der Waals surface area contributed by atoms with E-state index in [9.17, 15) is 4.79 Å². The van der Waals surface area contributed by atoms with Gasteiger partial charge in [-0.15, -0.1) is 0 Å². The van der Waals surface area contributed by atoms with E-state index in [4.69, 9.17) is 4.74 Å². The Morgan fingerprint density at radius 3 is 2.76 bits per heavy atom. The number of benzene rings is 2. The van der Waals surface area contributed by atoms with Gasteiger partial charge in [-0.3, -0.25) is 9.69 Å². The molecule has 1 unspecified atom stereocenters. The molecule has 5 heteroatoms. The van der Waals surface area contributed by atoms with Crippen molar-refractivity contribution in [2.45, 2.75) is 32.4 Å². The normalized spacial score (nSPS) is 20.0. The minimum atomic E-state index is 0.221. The lowest BCUT2D eigenvalue weighted by Crippen LogP contribution is -2.49. The molecule has 0 radical (unpaired) electrons. The Morgan fingerprint density at radius 1 is 1.10 bits per heavy atom. The van der Waals surface area contributed by atoms with Gasteiger partial charge in [-0.25, -0.2) is 0 Å². The Balaban J connectivity index is 1.30. The van der Waals surface area contributed by atoms with Crippen molar-refractivity contribution in [2.24, 2.45) is 0 Å². The predicted molar refractivity (Wildman–Crippen MR) is 115 cm³/mol. The molecule has 2 heterocycles. The number of carbonyl (C=O) groups is 1. The largest absolute Gasteiger partial charge is 0.489 e. The van der Waals surface area contributed by atoms with E-state index in [-0.39, 0.29) is 5.91 Å². The summed E-state index contributed by atoms with van der Waals surface area (Å²) in [5.41, 5.74) is 3.43. The molecule has 29 heavy (non-hydrogen) atoms. The van der Waals surface area contributed by atoms with Crippen LogP contribution in [0.3, 0.4) is 0 Å². The minimum absolute atomic E-state index is 0.221. The summed E-state index contributed by atoms with van der Waals surface area (Å²) in [6.07, 6.45) is 1.53. The maximum Gasteiger partial charge on any atom is 0.227 e. The fraction of sp³-hybridized carbons (Fsp3) is 0.458. The number of hydrogen-bond acceptors (Lipinski definition) is 4. The lowest BCUT2D eigenvalue weighted by Gasteiger charge is -2.32. The lowest BCUT2D eigenvalue weighted by molar-refractivity contribution is -0.129. The Bertz CT molecular complexity index is 832. The van der Waals surface area contributed by atoms with E-state index in [0.29, 0.717) is 19.1 Å². The monoisotopic (exact) mass is 393 g/mol. The third kappa shape index (κ3) is 5.17. The van der Waals surface area contributed by atoms with Gasteiger partial charge in [0.2, 0.25) is 5.91 Å². The molecule has 2 aromatic rings. The number of rotatable bonds is 6. The molecule has 2 aliphatic rings. The van der Waals surface area contributed by atoms with Crippen molar-refractivity contribution in [3.8, 4) is 5.75 Å². The van der Waals surface area contributed by atoms with Gasteiger partial charge in [0, 0.05) is 45.3 Å². The van der Waals surface area contributed by atoms with Gasteiger partial charge < -0.3 is 15.0 Å². The predicted octanol–water partition coefficient (Wildman–Crippen LogP) is 2.62. The standard InChI is InChI=1S/C24H31N3O2/c1-19-5-2-3-7-21(19)18-29-23-8-4-6-20(15-23)16-24(28)27-12-9-22(17-27)26-13-10-25-11-14-26/h2-8,15,22,25H,9-14,16-18H2,1H3. The smallest absolute Gasteiger partial charge is 0.227 e. The second-order valence-electron chi connectivity index (χ2n) is 8.11. The topological polar surface area (TPSA) is 44.8 Å². The third-order valence-corrected chi connectivity index (χ3v) is 6.09. The van der Waals surface area contributed by atoms with Crippen molar-refractivity contribution in [2.75, 3.05) is 39.3 Å². The highest BCUT2D eigenvalue weighted by Crippen LogP contribution is 2.20. The zero-order chi connectivity index (χ0) is 20.1. The molecule has 0 aromatic heterocycles. The van der Waals surface area contributed by atoms with Crippen LogP contribution in [0.5, 0.6) is 5.75 Å². The summed E-state index contributed by atoms with van der Waals surface area (Å²) in [5.74, 6) is 1.04. The Labute approximate surface area is 173 Å². The number of likely N-dealkylation sites (tertiary alicyclic amines) is 1. The first-order valence-corrected chi connectivity index (χ1v) is 10.7. The Hall–Kier alpha value is -2.37. The van der Waals surface area contributed by atoms with Crippen LogP contribution in [0.25, 0.3) is 0 Å². The summed E-state index contributed by atoms with van der Waals surface area (Å²) in [4.78, 5) is 17.4. The van der Waals surface area contributed by atoms with Crippen LogP contribution in [0.15, 0.2) is 48.5 Å². The van der Waals surface area contributed by atoms with Gasteiger partial charge >= 0.3 is 0 Å². The Morgan fingerprint density at radius 2 is 1.93 bits per heavy atom. The van der Waals surface area contributed by atoms with Crippen LogP contribution in [0.4, 0.5) is 0 Å². The fourth-order valence-electron chi connectivity index (χ4n) is 4.28. The first-order valence-electron chi connectivity index (χ1n) is 10.7. The lowest BCUT2D eigenvalue weighted by atomic mass is 10.1. The summed E-state index contributed by atoms with van der Waals surface area (Å²) in [7, 11) is 0. The molecule has 0 spiro atoms. The van der Waals surface area contributed by atoms with Gasteiger partial charge in [0.25, 0.3) is 0 Å².